The van der Waals surface area contributed by atoms with Gasteiger partial charge in [-0.25, -0.2) is 0 Å². The minimum atomic E-state index is 0.361. The molecular weight excluding hydrogens is 228 g/mol. The second kappa shape index (κ2) is 3.98. The summed E-state index contributed by atoms with van der Waals surface area (Å²) in [7, 11) is 0. The van der Waals surface area contributed by atoms with Gasteiger partial charge in [0.05, 0.1) is 0 Å². The number of fused-ring (bicyclic) bond motifs is 2. The van der Waals surface area contributed by atoms with E-state index in [0.29, 0.717) is 10.8 Å². The van der Waals surface area contributed by atoms with Crippen LogP contribution in [0, 0.1) is 16.7 Å². The molecule has 0 N–H and O–H groups in total. The molecule has 0 aliphatic heterocycles. The third-order valence-electron chi connectivity index (χ3n) is 4.24. The summed E-state index contributed by atoms with van der Waals surface area (Å²) < 4.78 is 0. The van der Waals surface area contributed by atoms with Crippen molar-refractivity contribution in [3.8, 4) is 0 Å². The van der Waals surface area contributed by atoms with Gasteiger partial charge in [-0.2, -0.15) is 0 Å². The van der Waals surface area contributed by atoms with Gasteiger partial charge in [-0.1, -0.05) is 58.9 Å². The lowest BCUT2D eigenvalue weighted by Gasteiger charge is -2.22. The minimum absolute atomic E-state index is 0.361. The van der Waals surface area contributed by atoms with E-state index < -0.39 is 0 Å². The fourth-order valence-corrected chi connectivity index (χ4v) is 3.55. The summed E-state index contributed by atoms with van der Waals surface area (Å²) in [4.78, 5) is 0. The maximum absolute atomic E-state index is 2.47. The quantitative estimate of drug-likeness (QED) is 0.645. The fourth-order valence-electron chi connectivity index (χ4n) is 3.55. The lowest BCUT2D eigenvalue weighted by Crippen LogP contribution is -2.11. The van der Waals surface area contributed by atoms with E-state index in [1.54, 1.807) is 11.1 Å². The summed E-state index contributed by atoms with van der Waals surface area (Å²) in [5.74, 6) is 1.52. The van der Waals surface area contributed by atoms with Gasteiger partial charge >= 0.3 is 0 Å². The van der Waals surface area contributed by atoms with E-state index in [1.165, 1.54) is 36.3 Å². The molecule has 19 heavy (non-hydrogen) atoms. The van der Waals surface area contributed by atoms with Crippen LogP contribution < -0.4 is 0 Å². The van der Waals surface area contributed by atoms with Crippen molar-refractivity contribution in [2.24, 2.45) is 10.8 Å². The first-order chi connectivity index (χ1) is 8.73. The predicted molar refractivity (Wildman–Crippen MR) is 83.1 cm³/mol. The van der Waals surface area contributed by atoms with E-state index in [-0.39, 0.29) is 0 Å². The van der Waals surface area contributed by atoms with Crippen molar-refractivity contribution in [3.05, 3.63) is 46.4 Å². The Hall–Kier alpha value is -1.04. The Bertz CT molecular complexity index is 538. The molecular formula is C19H25. The van der Waals surface area contributed by atoms with E-state index in [2.05, 4.69) is 58.9 Å². The third-order valence-corrected chi connectivity index (χ3v) is 4.24. The smallest absolute Gasteiger partial charge is 0.0278 e. The predicted octanol–water partition coefficient (Wildman–Crippen LogP) is 5.20. The zero-order chi connectivity index (χ0) is 13.8. The average molecular weight is 253 g/mol. The van der Waals surface area contributed by atoms with Crippen molar-refractivity contribution in [2.45, 2.75) is 53.9 Å². The van der Waals surface area contributed by atoms with Gasteiger partial charge < -0.3 is 0 Å². The van der Waals surface area contributed by atoms with Gasteiger partial charge in [-0.05, 0) is 52.3 Å². The van der Waals surface area contributed by atoms with E-state index in [0.717, 1.165) is 0 Å². The molecule has 2 aliphatic rings. The Morgan fingerprint density at radius 1 is 1.00 bits per heavy atom. The van der Waals surface area contributed by atoms with E-state index in [1.807, 2.05) is 0 Å². The Morgan fingerprint density at radius 2 is 1.63 bits per heavy atom. The molecule has 0 spiro atoms. The number of allylic oxidation sites excluding steroid dienone is 1. The monoisotopic (exact) mass is 253 g/mol. The standard InChI is InChI=1S/C19H25/c1-18(2,3)10-14-7-6-13-8-15-11-19(4,5)12-16(15)9-17(13)14/h6-9H,10-12H2,1-5H3. The van der Waals surface area contributed by atoms with Crippen molar-refractivity contribution in [3.63, 3.8) is 0 Å². The van der Waals surface area contributed by atoms with Crippen molar-refractivity contribution < 1.29 is 0 Å². The zero-order valence-electron chi connectivity index (χ0n) is 12.9. The topological polar surface area (TPSA) is 0 Å². The highest BCUT2D eigenvalue weighted by molar-refractivity contribution is 5.70. The van der Waals surface area contributed by atoms with Gasteiger partial charge in [0.25, 0.3) is 0 Å². The molecule has 1 aromatic rings. The largest absolute Gasteiger partial charge is 0.0721 e. The second-order valence-electron chi connectivity index (χ2n) is 8.32. The van der Waals surface area contributed by atoms with E-state index >= 15 is 0 Å². The number of hydrogen-bond acceptors (Lipinski definition) is 0. The summed E-state index contributed by atoms with van der Waals surface area (Å²) in [5.41, 5.74) is 6.90. The number of hydrogen-bond donors (Lipinski definition) is 0. The van der Waals surface area contributed by atoms with Gasteiger partial charge in [0.1, 0.15) is 0 Å². The first kappa shape index (κ1) is 13.0. The van der Waals surface area contributed by atoms with Crippen LogP contribution >= 0.6 is 0 Å². The molecule has 0 nitrogen and oxygen atoms in total. The zero-order valence-corrected chi connectivity index (χ0v) is 12.9. The highest BCUT2D eigenvalue weighted by Crippen LogP contribution is 2.43. The lowest BCUT2D eigenvalue weighted by atomic mass is 9.82. The normalized spacial score (nSPS) is 20.7. The van der Waals surface area contributed by atoms with Crippen LogP contribution in [0.15, 0.2) is 18.2 Å². The molecule has 0 unspecified atom stereocenters. The first-order valence-corrected chi connectivity index (χ1v) is 7.44. The second-order valence-corrected chi connectivity index (χ2v) is 8.32. The van der Waals surface area contributed by atoms with Gasteiger partial charge in [0, 0.05) is 5.92 Å². The molecule has 1 radical (unpaired) electrons. The maximum Gasteiger partial charge on any atom is 0.0278 e. The highest BCUT2D eigenvalue weighted by Gasteiger charge is 2.31. The van der Waals surface area contributed by atoms with Crippen LogP contribution in [-0.4, -0.2) is 0 Å². The molecule has 0 heterocycles. The molecule has 0 bridgehead atoms. The third kappa shape index (κ3) is 2.50. The first-order valence-electron chi connectivity index (χ1n) is 7.44. The van der Waals surface area contributed by atoms with Crippen molar-refractivity contribution >= 4 is 6.08 Å². The summed E-state index contributed by atoms with van der Waals surface area (Å²) in [6.07, 6.45) is 8.27. The minimum Gasteiger partial charge on any atom is -0.0721 e. The van der Waals surface area contributed by atoms with Crippen LogP contribution in [0.1, 0.15) is 63.3 Å². The van der Waals surface area contributed by atoms with Crippen LogP contribution in [0.25, 0.3) is 6.08 Å². The summed E-state index contributed by atoms with van der Waals surface area (Å²) in [6, 6.07) is 4.91. The molecule has 0 saturated heterocycles. The molecule has 0 aromatic heterocycles. The highest BCUT2D eigenvalue weighted by atomic mass is 14.4. The van der Waals surface area contributed by atoms with Crippen LogP contribution in [-0.2, 0) is 12.8 Å². The van der Waals surface area contributed by atoms with E-state index in [4.69, 9.17) is 0 Å². The summed E-state index contributed by atoms with van der Waals surface area (Å²) in [6.45, 7) is 11.7. The Balaban J connectivity index is 1.94. The molecule has 0 atom stereocenters. The number of rotatable bonds is 1. The summed E-state index contributed by atoms with van der Waals surface area (Å²) >= 11 is 0. The maximum atomic E-state index is 2.47. The van der Waals surface area contributed by atoms with Crippen molar-refractivity contribution in [2.75, 3.05) is 0 Å². The van der Waals surface area contributed by atoms with E-state index in [9.17, 15) is 0 Å². The molecule has 1 aromatic carbocycles. The average Bonchev–Trinajstić information content (AvgIpc) is 2.72. The molecule has 0 amide bonds. The number of benzene rings is 1. The Morgan fingerprint density at radius 3 is 2.26 bits per heavy atom. The van der Waals surface area contributed by atoms with Gasteiger partial charge in [0.15, 0.2) is 0 Å². The molecule has 0 saturated carbocycles. The SMILES string of the molecule is CC(C)(C)C[C]1C=Cc2cc3c(cc21)CC(C)(C)C3. The van der Waals surface area contributed by atoms with Crippen LogP contribution in [0.4, 0.5) is 0 Å². The lowest BCUT2D eigenvalue weighted by molar-refractivity contribution is 0.392. The van der Waals surface area contributed by atoms with Crippen LogP contribution in [0.3, 0.4) is 0 Å². The van der Waals surface area contributed by atoms with Crippen LogP contribution in [0.5, 0.6) is 0 Å². The summed E-state index contributed by atoms with van der Waals surface area (Å²) in [5, 5.41) is 0. The Kier molecular flexibility index (Phi) is 2.71. The van der Waals surface area contributed by atoms with Crippen molar-refractivity contribution in [1.82, 2.24) is 0 Å². The van der Waals surface area contributed by atoms with Gasteiger partial charge in [0.2, 0.25) is 0 Å². The van der Waals surface area contributed by atoms with Gasteiger partial charge in [-0.3, -0.25) is 0 Å². The molecule has 0 fully saturated rings. The van der Waals surface area contributed by atoms with Crippen LogP contribution in [0.2, 0.25) is 0 Å². The molecule has 2 aliphatic carbocycles. The van der Waals surface area contributed by atoms with Gasteiger partial charge in [-0.15, -0.1) is 0 Å². The molecule has 101 valence electrons. The Labute approximate surface area is 117 Å². The fraction of sp³-hybridized carbons (Fsp3) is 0.526. The molecule has 3 rings (SSSR count). The van der Waals surface area contributed by atoms with Crippen molar-refractivity contribution in [1.29, 1.82) is 0 Å². The molecule has 0 heteroatoms.